The molecule has 0 unspecified atom stereocenters. The van der Waals surface area contributed by atoms with Crippen molar-refractivity contribution in [1.29, 1.82) is 0 Å². The molecule has 0 amide bonds. The van der Waals surface area contributed by atoms with E-state index in [0.29, 0.717) is 22.9 Å². The first-order valence-corrected chi connectivity index (χ1v) is 23.9. The van der Waals surface area contributed by atoms with Crippen molar-refractivity contribution in [3.05, 3.63) is 199 Å². The SMILES string of the molecule is [2H]c1c([2H])c([2H])c(-c2cnc(-n3c4[c-]c(Oc5[c-]c(N6[CH-]N(c7cc(C(C)(C)C)cc(C(C)(C)C)c7)c7c(-c8ccccc8)cccc76)ccc5)ccc4c4cc(C(C)(C)C)ccc43)cc2C(C)(C)C)c([2H])c1[2H].[Pt]. The number of rotatable bonds is 7. The largest absolute Gasteiger partial charge is 0.509 e. The molecule has 0 radical (unpaired) electrons. The molecule has 0 spiro atoms. The summed E-state index contributed by atoms with van der Waals surface area (Å²) in [6.07, 6.45) is 1.65. The number of aromatic nitrogens is 2. The van der Waals surface area contributed by atoms with Crippen molar-refractivity contribution in [2.45, 2.75) is 105 Å². The van der Waals surface area contributed by atoms with E-state index in [1.54, 1.807) is 6.20 Å². The van der Waals surface area contributed by atoms with E-state index >= 15 is 0 Å². The van der Waals surface area contributed by atoms with Crippen LogP contribution in [0.25, 0.3) is 49.9 Å². The van der Waals surface area contributed by atoms with E-state index < -0.39 is 11.5 Å². The number of fused-ring (bicyclic) bond motifs is 4. The number of anilines is 4. The van der Waals surface area contributed by atoms with Gasteiger partial charge in [-0.25, -0.2) is 4.98 Å². The first-order valence-electron chi connectivity index (χ1n) is 26.4. The summed E-state index contributed by atoms with van der Waals surface area (Å²) >= 11 is 0. The second-order valence-electron chi connectivity index (χ2n) is 22.4. The van der Waals surface area contributed by atoms with Crippen LogP contribution in [-0.2, 0) is 42.7 Å². The molecule has 7 aromatic carbocycles. The third kappa shape index (κ3) is 9.22. The molecule has 1 aliphatic rings. The van der Waals surface area contributed by atoms with Gasteiger partial charge in [0.05, 0.1) is 6.85 Å². The standard InChI is InChI=1S/C64H63N4O.Pt/c1-61(2,3)44-29-32-56-53(36-44)52-31-30-50(38-58(52)68(56)59-39-55(64(10,11)12)54(40-65-59)43-23-17-14-18-24-43)69-49-26-19-25-47(37-49)66-41-67(48-34-45(62(4,5)6)33-46(35-48)63(7,8)9)60-51(27-20-28-57(60)66)42-21-15-13-16-22-42;/h13-36,39-41H,1-12H3;/q-3;/i14D,17D,18D,23D,24D;. The molecule has 9 aromatic rings. The molecular formula is C64H63N4OPt-3. The van der Waals surface area contributed by atoms with Crippen LogP contribution < -0.4 is 14.5 Å². The zero-order valence-electron chi connectivity index (χ0n) is 47.2. The van der Waals surface area contributed by atoms with Crippen molar-refractivity contribution in [1.82, 2.24) is 9.55 Å². The van der Waals surface area contributed by atoms with Crippen molar-refractivity contribution in [3.63, 3.8) is 0 Å². The van der Waals surface area contributed by atoms with Crippen LogP contribution in [0.15, 0.2) is 158 Å². The molecule has 0 N–H and O–H groups in total. The molecule has 6 heteroatoms. The van der Waals surface area contributed by atoms with Crippen LogP contribution in [-0.4, -0.2) is 9.55 Å². The molecule has 0 saturated carbocycles. The van der Waals surface area contributed by atoms with Crippen molar-refractivity contribution in [2.75, 3.05) is 9.80 Å². The normalized spacial score (nSPS) is 14.2. The van der Waals surface area contributed by atoms with Gasteiger partial charge in [0.15, 0.2) is 0 Å². The first kappa shape index (κ1) is 42.5. The maximum absolute atomic E-state index is 8.87. The van der Waals surface area contributed by atoms with Crippen LogP contribution in [0.3, 0.4) is 0 Å². The Morgan fingerprint density at radius 2 is 1.23 bits per heavy atom. The second-order valence-corrected chi connectivity index (χ2v) is 22.4. The van der Waals surface area contributed by atoms with E-state index in [1.807, 2.05) is 24.3 Å². The van der Waals surface area contributed by atoms with Gasteiger partial charge in [-0.1, -0.05) is 179 Å². The van der Waals surface area contributed by atoms with Gasteiger partial charge in [0.25, 0.3) is 0 Å². The molecule has 0 aliphatic carbocycles. The Labute approximate surface area is 437 Å². The minimum absolute atomic E-state index is 0. The minimum atomic E-state index is -0.508. The summed E-state index contributed by atoms with van der Waals surface area (Å²) in [6.45, 7) is 28.6. The van der Waals surface area contributed by atoms with Gasteiger partial charge in [-0.2, -0.15) is 12.1 Å². The van der Waals surface area contributed by atoms with Gasteiger partial charge in [-0.3, -0.25) is 0 Å². The topological polar surface area (TPSA) is 33.5 Å². The molecule has 3 heterocycles. The molecule has 70 heavy (non-hydrogen) atoms. The van der Waals surface area contributed by atoms with Gasteiger partial charge in [0.2, 0.25) is 0 Å². The number of nitrogens with zero attached hydrogens (tertiary/aromatic N) is 4. The summed E-state index contributed by atoms with van der Waals surface area (Å²) in [5, 5.41) is 2.00. The molecule has 0 fully saturated rings. The summed E-state index contributed by atoms with van der Waals surface area (Å²) < 4.78 is 51.8. The van der Waals surface area contributed by atoms with Gasteiger partial charge < -0.3 is 19.1 Å². The average molecular weight is 1100 g/mol. The number of ether oxygens (including phenoxy) is 1. The van der Waals surface area contributed by atoms with Gasteiger partial charge in [0, 0.05) is 72.5 Å². The summed E-state index contributed by atoms with van der Waals surface area (Å²) in [5.41, 5.74) is 12.3. The Kier molecular flexibility index (Phi) is 11.0. The van der Waals surface area contributed by atoms with Crippen molar-refractivity contribution < 1.29 is 32.7 Å². The molecular weight excluding hydrogens is 1040 g/mol. The van der Waals surface area contributed by atoms with Crippen LogP contribution in [0.2, 0.25) is 0 Å². The van der Waals surface area contributed by atoms with E-state index in [0.717, 1.165) is 61.2 Å². The van der Waals surface area contributed by atoms with Crippen LogP contribution in [0, 0.1) is 18.8 Å². The van der Waals surface area contributed by atoms with Crippen molar-refractivity contribution in [2.24, 2.45) is 0 Å². The zero-order valence-corrected chi connectivity index (χ0v) is 44.5. The third-order valence-electron chi connectivity index (χ3n) is 13.2. The fourth-order valence-corrected chi connectivity index (χ4v) is 9.28. The summed E-state index contributed by atoms with van der Waals surface area (Å²) in [7, 11) is 0. The molecule has 0 bridgehead atoms. The molecule has 1 aliphatic heterocycles. The van der Waals surface area contributed by atoms with E-state index in [9.17, 15) is 0 Å². The summed E-state index contributed by atoms with van der Waals surface area (Å²) in [4.78, 5) is 9.55. The predicted octanol–water partition coefficient (Wildman–Crippen LogP) is 17.5. The molecule has 10 rings (SSSR count). The van der Waals surface area contributed by atoms with E-state index in [2.05, 4.69) is 213 Å². The predicted molar refractivity (Wildman–Crippen MR) is 290 cm³/mol. The molecule has 2 aromatic heterocycles. The smallest absolute Gasteiger partial charge is 0.135 e. The number of pyridine rings is 1. The van der Waals surface area contributed by atoms with Gasteiger partial charge in [-0.15, -0.1) is 48.1 Å². The Hall–Kier alpha value is -6.42. The number of benzene rings is 7. The van der Waals surface area contributed by atoms with E-state index in [4.69, 9.17) is 16.6 Å². The van der Waals surface area contributed by atoms with Crippen molar-refractivity contribution in [3.8, 4) is 39.6 Å². The summed E-state index contributed by atoms with van der Waals surface area (Å²) in [6, 6.07) is 48.1. The van der Waals surface area contributed by atoms with Gasteiger partial charge in [0.1, 0.15) is 5.82 Å². The quantitative estimate of drug-likeness (QED) is 0.149. The summed E-state index contributed by atoms with van der Waals surface area (Å²) in [5.74, 6) is 1.61. The van der Waals surface area contributed by atoms with Crippen LogP contribution in [0.4, 0.5) is 22.7 Å². The Bertz CT molecular complexity index is 3630. The van der Waals surface area contributed by atoms with E-state index in [1.165, 1.54) is 16.7 Å². The monoisotopic (exact) mass is 1100 g/mol. The number of para-hydroxylation sites is 1. The average Bonchev–Trinajstić information content (AvgIpc) is 3.93. The van der Waals surface area contributed by atoms with Gasteiger partial charge >= 0.3 is 0 Å². The number of hydrogen-bond acceptors (Lipinski definition) is 4. The third-order valence-corrected chi connectivity index (χ3v) is 13.2. The van der Waals surface area contributed by atoms with Crippen molar-refractivity contribution >= 4 is 44.6 Å². The second kappa shape index (κ2) is 18.1. The van der Waals surface area contributed by atoms with Crippen LogP contribution >= 0.6 is 0 Å². The minimum Gasteiger partial charge on any atom is -0.509 e. The maximum Gasteiger partial charge on any atom is 0.135 e. The fraction of sp³-hybridized carbons (Fsp3) is 0.250. The molecule has 0 atom stereocenters. The molecule has 0 saturated heterocycles. The Morgan fingerprint density at radius 3 is 1.90 bits per heavy atom. The molecule has 358 valence electrons. The number of hydrogen-bond donors (Lipinski definition) is 0. The van der Waals surface area contributed by atoms with Crippen LogP contribution in [0.5, 0.6) is 11.5 Å². The molecule has 5 nitrogen and oxygen atoms in total. The van der Waals surface area contributed by atoms with E-state index in [-0.39, 0.29) is 67.0 Å². The van der Waals surface area contributed by atoms with Crippen LogP contribution in [0.1, 0.15) is 112 Å². The van der Waals surface area contributed by atoms with Gasteiger partial charge in [-0.05, 0) is 90.8 Å². The Morgan fingerprint density at radius 1 is 0.557 bits per heavy atom. The Balaban J connectivity index is 0.00000689. The maximum atomic E-state index is 8.87. The fourth-order valence-electron chi connectivity index (χ4n) is 9.28. The zero-order chi connectivity index (χ0) is 53.0. The first-order chi connectivity index (χ1) is 34.8.